The van der Waals surface area contributed by atoms with Crippen molar-refractivity contribution in [2.45, 2.75) is 13.3 Å². The van der Waals surface area contributed by atoms with Crippen LogP contribution in [0.2, 0.25) is 0 Å². The zero-order valence-corrected chi connectivity index (χ0v) is 12.0. The molecule has 0 aliphatic carbocycles. The Morgan fingerprint density at radius 3 is 2.53 bits per heavy atom. The molecule has 0 heterocycles. The number of benzene rings is 1. The number of rotatable bonds is 6. The van der Waals surface area contributed by atoms with Gasteiger partial charge in [-0.3, -0.25) is 4.79 Å². The van der Waals surface area contributed by atoms with Crippen LogP contribution in [0.1, 0.15) is 13.3 Å². The number of methoxy groups -OCH3 is 2. The lowest BCUT2D eigenvalue weighted by atomic mass is 10.1. The average molecular weight is 266 g/mol. The number of carbonyl (C=O) groups is 1. The van der Waals surface area contributed by atoms with Crippen molar-refractivity contribution in [3.8, 4) is 11.5 Å². The Morgan fingerprint density at radius 2 is 2.05 bits per heavy atom. The highest BCUT2D eigenvalue weighted by Crippen LogP contribution is 2.32. The summed E-state index contributed by atoms with van der Waals surface area (Å²) in [5, 5.41) is 0. The van der Waals surface area contributed by atoms with Crippen molar-refractivity contribution in [2.75, 3.05) is 32.7 Å². The monoisotopic (exact) mass is 266 g/mol. The molecule has 19 heavy (non-hydrogen) atoms. The van der Waals surface area contributed by atoms with E-state index in [2.05, 4.69) is 0 Å². The Hall–Kier alpha value is -1.75. The van der Waals surface area contributed by atoms with E-state index < -0.39 is 0 Å². The maximum absolute atomic E-state index is 12.3. The van der Waals surface area contributed by atoms with Crippen LogP contribution >= 0.6 is 0 Å². The minimum atomic E-state index is -0.170. The summed E-state index contributed by atoms with van der Waals surface area (Å²) >= 11 is 0. The van der Waals surface area contributed by atoms with Gasteiger partial charge >= 0.3 is 0 Å². The SMILES string of the molecule is CCC(CN)C(=O)N(C)c1ccc(OC)cc1OC. The molecule has 2 N–H and O–H groups in total. The molecule has 106 valence electrons. The predicted molar refractivity (Wildman–Crippen MR) is 75.8 cm³/mol. The number of hydrogen-bond acceptors (Lipinski definition) is 4. The highest BCUT2D eigenvalue weighted by molar-refractivity contribution is 5.96. The van der Waals surface area contributed by atoms with E-state index in [0.717, 1.165) is 6.42 Å². The molecule has 0 bridgehead atoms. The van der Waals surface area contributed by atoms with Gasteiger partial charge in [0.15, 0.2) is 0 Å². The molecule has 5 nitrogen and oxygen atoms in total. The fraction of sp³-hybridized carbons (Fsp3) is 0.500. The van der Waals surface area contributed by atoms with Gasteiger partial charge in [0.2, 0.25) is 5.91 Å². The van der Waals surface area contributed by atoms with Gasteiger partial charge in [-0.05, 0) is 18.6 Å². The van der Waals surface area contributed by atoms with Crippen molar-refractivity contribution >= 4 is 11.6 Å². The number of carbonyl (C=O) groups excluding carboxylic acids is 1. The van der Waals surface area contributed by atoms with E-state index >= 15 is 0 Å². The van der Waals surface area contributed by atoms with Crippen LogP contribution in [0.3, 0.4) is 0 Å². The Bertz CT molecular complexity index is 431. The first-order valence-corrected chi connectivity index (χ1v) is 6.28. The summed E-state index contributed by atoms with van der Waals surface area (Å²) < 4.78 is 10.4. The molecule has 0 saturated heterocycles. The van der Waals surface area contributed by atoms with Crippen LogP contribution in [0.25, 0.3) is 0 Å². The molecular formula is C14H22N2O3. The van der Waals surface area contributed by atoms with Crippen molar-refractivity contribution < 1.29 is 14.3 Å². The van der Waals surface area contributed by atoms with Gasteiger partial charge in [-0.1, -0.05) is 6.92 Å². The summed E-state index contributed by atoms with van der Waals surface area (Å²) in [6.45, 7) is 2.30. The molecule has 0 aromatic heterocycles. The summed E-state index contributed by atoms with van der Waals surface area (Å²) in [6.07, 6.45) is 0.720. The fourth-order valence-corrected chi connectivity index (χ4v) is 1.90. The van der Waals surface area contributed by atoms with Crippen LogP contribution in [0.5, 0.6) is 11.5 Å². The van der Waals surface area contributed by atoms with E-state index in [1.54, 1.807) is 44.4 Å². The number of hydrogen-bond donors (Lipinski definition) is 1. The van der Waals surface area contributed by atoms with Gasteiger partial charge in [-0.25, -0.2) is 0 Å². The van der Waals surface area contributed by atoms with Gasteiger partial charge in [0.05, 0.1) is 25.8 Å². The van der Waals surface area contributed by atoms with E-state index in [-0.39, 0.29) is 11.8 Å². The Kier molecular flexibility index (Phi) is 5.63. The molecule has 0 radical (unpaired) electrons. The highest BCUT2D eigenvalue weighted by atomic mass is 16.5. The number of amides is 1. The Labute approximate surface area is 114 Å². The first-order chi connectivity index (χ1) is 9.08. The molecule has 1 aromatic carbocycles. The van der Waals surface area contributed by atoms with Crippen LogP contribution in [-0.4, -0.2) is 33.7 Å². The molecule has 1 atom stereocenters. The lowest BCUT2D eigenvalue weighted by Crippen LogP contribution is -2.36. The second-order valence-corrected chi connectivity index (χ2v) is 4.28. The van der Waals surface area contributed by atoms with Crippen LogP contribution in [0.15, 0.2) is 18.2 Å². The predicted octanol–water partition coefficient (Wildman–Crippen LogP) is 1.65. The van der Waals surface area contributed by atoms with Crippen LogP contribution < -0.4 is 20.1 Å². The molecule has 5 heteroatoms. The number of ether oxygens (including phenoxy) is 2. The zero-order chi connectivity index (χ0) is 14.4. The van der Waals surface area contributed by atoms with E-state index in [1.165, 1.54) is 0 Å². The zero-order valence-electron chi connectivity index (χ0n) is 12.0. The molecule has 1 amide bonds. The van der Waals surface area contributed by atoms with E-state index in [9.17, 15) is 4.79 Å². The fourth-order valence-electron chi connectivity index (χ4n) is 1.90. The smallest absolute Gasteiger partial charge is 0.231 e. The van der Waals surface area contributed by atoms with Gasteiger partial charge < -0.3 is 20.1 Å². The van der Waals surface area contributed by atoms with Crippen molar-refractivity contribution in [3.05, 3.63) is 18.2 Å². The highest BCUT2D eigenvalue weighted by Gasteiger charge is 2.22. The molecule has 0 spiro atoms. The molecule has 1 unspecified atom stereocenters. The third-order valence-corrected chi connectivity index (χ3v) is 3.21. The number of nitrogens with two attached hydrogens (primary N) is 1. The van der Waals surface area contributed by atoms with E-state index in [1.807, 2.05) is 6.92 Å². The molecule has 0 aliphatic rings. The molecular weight excluding hydrogens is 244 g/mol. The number of nitrogens with zero attached hydrogens (tertiary/aromatic N) is 1. The van der Waals surface area contributed by atoms with E-state index in [4.69, 9.17) is 15.2 Å². The summed E-state index contributed by atoms with van der Waals surface area (Å²) in [7, 11) is 4.88. The van der Waals surface area contributed by atoms with Gasteiger partial charge in [0, 0.05) is 19.7 Å². The molecule has 1 aromatic rings. The molecule has 0 saturated carbocycles. The van der Waals surface area contributed by atoms with Crippen molar-refractivity contribution in [3.63, 3.8) is 0 Å². The van der Waals surface area contributed by atoms with E-state index in [0.29, 0.717) is 23.7 Å². The molecule has 0 fully saturated rings. The maximum Gasteiger partial charge on any atom is 0.231 e. The third-order valence-electron chi connectivity index (χ3n) is 3.21. The van der Waals surface area contributed by atoms with Gasteiger partial charge in [0.25, 0.3) is 0 Å². The molecule has 1 rings (SSSR count). The number of anilines is 1. The quantitative estimate of drug-likeness (QED) is 0.850. The van der Waals surface area contributed by atoms with Crippen molar-refractivity contribution in [1.29, 1.82) is 0 Å². The second-order valence-electron chi connectivity index (χ2n) is 4.28. The lowest BCUT2D eigenvalue weighted by molar-refractivity contribution is -0.121. The van der Waals surface area contributed by atoms with Crippen LogP contribution in [-0.2, 0) is 4.79 Å². The summed E-state index contributed by atoms with van der Waals surface area (Å²) in [6, 6.07) is 5.35. The van der Waals surface area contributed by atoms with Crippen molar-refractivity contribution in [1.82, 2.24) is 0 Å². The summed E-state index contributed by atoms with van der Waals surface area (Å²) in [5.74, 6) is 1.11. The lowest BCUT2D eigenvalue weighted by Gasteiger charge is -2.24. The van der Waals surface area contributed by atoms with Crippen molar-refractivity contribution in [2.24, 2.45) is 11.7 Å². The minimum absolute atomic E-state index is 0.00605. The maximum atomic E-state index is 12.3. The summed E-state index contributed by atoms with van der Waals surface area (Å²) in [4.78, 5) is 13.9. The Morgan fingerprint density at radius 1 is 1.37 bits per heavy atom. The topological polar surface area (TPSA) is 64.8 Å². The minimum Gasteiger partial charge on any atom is -0.497 e. The largest absolute Gasteiger partial charge is 0.497 e. The first-order valence-electron chi connectivity index (χ1n) is 6.28. The summed E-state index contributed by atoms with van der Waals surface area (Å²) in [5.41, 5.74) is 6.33. The average Bonchev–Trinajstić information content (AvgIpc) is 2.46. The Balaban J connectivity index is 3.04. The van der Waals surface area contributed by atoms with Crippen LogP contribution in [0, 0.1) is 5.92 Å². The third kappa shape index (κ3) is 3.38. The normalized spacial score (nSPS) is 11.8. The molecule has 0 aliphatic heterocycles. The second kappa shape index (κ2) is 6.99. The van der Waals surface area contributed by atoms with Gasteiger partial charge in [-0.2, -0.15) is 0 Å². The van der Waals surface area contributed by atoms with Crippen LogP contribution in [0.4, 0.5) is 5.69 Å². The van der Waals surface area contributed by atoms with Gasteiger partial charge in [0.1, 0.15) is 11.5 Å². The van der Waals surface area contributed by atoms with Gasteiger partial charge in [-0.15, -0.1) is 0 Å². The standard InChI is InChI=1S/C14H22N2O3/c1-5-10(9-15)14(17)16(2)12-7-6-11(18-3)8-13(12)19-4/h6-8,10H,5,9,15H2,1-4H3. The first kappa shape index (κ1) is 15.3.